The van der Waals surface area contributed by atoms with E-state index in [4.69, 9.17) is 0 Å². The van der Waals surface area contributed by atoms with Crippen molar-refractivity contribution in [3.8, 4) is 0 Å². The summed E-state index contributed by atoms with van der Waals surface area (Å²) in [5.41, 5.74) is 0.649. The van der Waals surface area contributed by atoms with Crippen molar-refractivity contribution in [2.45, 2.75) is 18.0 Å². The van der Waals surface area contributed by atoms with Crippen molar-refractivity contribution in [3.63, 3.8) is 0 Å². The maximum atomic E-state index is 12.5. The van der Waals surface area contributed by atoms with Crippen LogP contribution in [0.4, 0.5) is 0 Å². The summed E-state index contributed by atoms with van der Waals surface area (Å²) < 4.78 is 26.3. The Kier molecular flexibility index (Phi) is 4.92. The van der Waals surface area contributed by atoms with Crippen molar-refractivity contribution in [2.75, 3.05) is 20.6 Å². The van der Waals surface area contributed by atoms with Gasteiger partial charge in [-0.15, -0.1) is 11.3 Å². The fraction of sp³-hybridized carbons (Fsp3) is 0.417. The Labute approximate surface area is 122 Å². The third-order valence-electron chi connectivity index (χ3n) is 2.97. The lowest BCUT2D eigenvalue weighted by Crippen LogP contribution is -2.30. The molecule has 0 saturated carbocycles. The number of H-pyrrole nitrogens is 1. The fourth-order valence-electron chi connectivity index (χ4n) is 1.84. The van der Waals surface area contributed by atoms with Gasteiger partial charge in [-0.1, -0.05) is 6.07 Å². The van der Waals surface area contributed by atoms with E-state index in [0.717, 1.165) is 0 Å². The molecule has 0 bridgehead atoms. The Hall–Kier alpha value is -1.22. The largest absolute Gasteiger partial charge is 0.316 e. The van der Waals surface area contributed by atoms with Gasteiger partial charge in [0.05, 0.1) is 6.20 Å². The highest BCUT2D eigenvalue weighted by molar-refractivity contribution is 7.89. The molecule has 8 heteroatoms. The molecular weight excluding hydrogens is 296 g/mol. The first-order valence-electron chi connectivity index (χ1n) is 6.21. The molecule has 2 N–H and O–H groups in total. The molecule has 110 valence electrons. The molecule has 0 spiro atoms. The molecular formula is C12H18N4O2S2. The van der Waals surface area contributed by atoms with Gasteiger partial charge in [-0.25, -0.2) is 8.42 Å². The van der Waals surface area contributed by atoms with E-state index in [9.17, 15) is 8.42 Å². The van der Waals surface area contributed by atoms with Crippen molar-refractivity contribution in [2.24, 2.45) is 0 Å². The molecule has 0 aromatic carbocycles. The number of thiophene rings is 1. The van der Waals surface area contributed by atoms with Crippen molar-refractivity contribution < 1.29 is 8.42 Å². The number of likely N-dealkylation sites (N-methyl/N-ethyl adjacent to an activating group) is 1. The van der Waals surface area contributed by atoms with Crippen LogP contribution in [0.3, 0.4) is 0 Å². The molecule has 2 aromatic rings. The van der Waals surface area contributed by atoms with Crippen LogP contribution in [0.1, 0.15) is 10.4 Å². The van der Waals surface area contributed by atoms with Gasteiger partial charge >= 0.3 is 0 Å². The maximum absolute atomic E-state index is 12.5. The van der Waals surface area contributed by atoms with Crippen LogP contribution in [0.25, 0.3) is 0 Å². The Balaban J connectivity index is 2.10. The number of hydrogen-bond donors (Lipinski definition) is 2. The smallest absolute Gasteiger partial charge is 0.260 e. The molecule has 0 atom stereocenters. The quantitative estimate of drug-likeness (QED) is 0.801. The summed E-state index contributed by atoms with van der Waals surface area (Å²) in [5.74, 6) is 0. The predicted octanol–water partition coefficient (Wildman–Crippen LogP) is 1.05. The summed E-state index contributed by atoms with van der Waals surface area (Å²) >= 11 is 1.63. The minimum Gasteiger partial charge on any atom is -0.316 e. The zero-order valence-corrected chi connectivity index (χ0v) is 13.1. The minimum atomic E-state index is -3.52. The molecule has 0 unspecified atom stereocenters. The minimum absolute atomic E-state index is 0.167. The van der Waals surface area contributed by atoms with Crippen LogP contribution in [0, 0.1) is 0 Å². The highest BCUT2D eigenvalue weighted by Crippen LogP contribution is 2.17. The van der Waals surface area contributed by atoms with Gasteiger partial charge in [-0.3, -0.25) is 5.10 Å². The van der Waals surface area contributed by atoms with Gasteiger partial charge in [-0.2, -0.15) is 9.40 Å². The highest BCUT2D eigenvalue weighted by atomic mass is 32.2. The average molecular weight is 314 g/mol. The second-order valence-corrected chi connectivity index (χ2v) is 7.42. The van der Waals surface area contributed by atoms with Crippen molar-refractivity contribution in [3.05, 3.63) is 34.2 Å². The van der Waals surface area contributed by atoms with Crippen LogP contribution in [-0.2, 0) is 23.0 Å². The topological polar surface area (TPSA) is 78.1 Å². The van der Waals surface area contributed by atoms with Crippen molar-refractivity contribution >= 4 is 21.4 Å². The molecule has 2 rings (SSSR count). The van der Waals surface area contributed by atoms with E-state index in [1.807, 2.05) is 17.5 Å². The monoisotopic (exact) mass is 314 g/mol. The zero-order valence-electron chi connectivity index (χ0n) is 11.5. The van der Waals surface area contributed by atoms with E-state index in [2.05, 4.69) is 15.5 Å². The zero-order chi connectivity index (χ0) is 14.6. The molecule has 0 aliphatic rings. The number of sulfonamides is 1. The third-order valence-corrected chi connectivity index (χ3v) is 5.78. The summed E-state index contributed by atoms with van der Waals surface area (Å²) in [7, 11) is -0.164. The van der Waals surface area contributed by atoms with E-state index >= 15 is 0 Å². The number of aromatic amines is 1. The van der Waals surface area contributed by atoms with Crippen LogP contribution < -0.4 is 5.32 Å². The van der Waals surface area contributed by atoms with Gasteiger partial charge in [0.15, 0.2) is 5.03 Å². The van der Waals surface area contributed by atoms with E-state index in [-0.39, 0.29) is 5.03 Å². The lowest BCUT2D eigenvalue weighted by molar-refractivity contribution is 0.469. The molecule has 0 aliphatic heterocycles. The number of nitrogens with one attached hydrogen (secondary N) is 2. The first kappa shape index (κ1) is 15.2. The number of rotatable bonds is 7. The summed E-state index contributed by atoms with van der Waals surface area (Å²) in [6.45, 7) is 0.907. The predicted molar refractivity (Wildman–Crippen MR) is 79.2 cm³/mol. The first-order valence-corrected chi connectivity index (χ1v) is 8.53. The molecule has 0 radical (unpaired) electrons. The second kappa shape index (κ2) is 6.49. The lowest BCUT2D eigenvalue weighted by Gasteiger charge is -2.16. The molecule has 0 aliphatic carbocycles. The van der Waals surface area contributed by atoms with Crippen LogP contribution in [0.15, 0.2) is 28.7 Å². The molecule has 0 amide bonds. The lowest BCUT2D eigenvalue weighted by atomic mass is 10.3. The normalized spacial score (nSPS) is 12.2. The second-order valence-electron chi connectivity index (χ2n) is 4.41. The molecule has 20 heavy (non-hydrogen) atoms. The Morgan fingerprint density at radius 3 is 2.95 bits per heavy atom. The third kappa shape index (κ3) is 3.26. The number of nitrogens with zero attached hydrogens (tertiary/aromatic N) is 2. The molecule has 6 nitrogen and oxygen atoms in total. The summed E-state index contributed by atoms with van der Waals surface area (Å²) in [6, 6.07) is 3.97. The van der Waals surface area contributed by atoms with Crippen LogP contribution >= 0.6 is 11.3 Å². The van der Waals surface area contributed by atoms with Gasteiger partial charge in [-0.05, 0) is 24.9 Å². The van der Waals surface area contributed by atoms with Gasteiger partial charge < -0.3 is 5.32 Å². The number of hydrogen-bond acceptors (Lipinski definition) is 5. The number of aromatic nitrogens is 2. The molecule has 2 heterocycles. The van der Waals surface area contributed by atoms with E-state index in [1.54, 1.807) is 25.4 Å². The van der Waals surface area contributed by atoms with E-state index < -0.39 is 10.0 Å². The SMILES string of the molecule is CNCc1cn[nH]c1S(=O)(=O)N(C)CCc1cccs1. The molecule has 0 saturated heterocycles. The summed E-state index contributed by atoms with van der Waals surface area (Å²) in [6.07, 6.45) is 2.25. The van der Waals surface area contributed by atoms with Crippen LogP contribution in [-0.4, -0.2) is 43.6 Å². The summed E-state index contributed by atoms with van der Waals surface area (Å²) in [5, 5.41) is 11.5. The van der Waals surface area contributed by atoms with Crippen LogP contribution in [0.5, 0.6) is 0 Å². The Morgan fingerprint density at radius 2 is 2.30 bits per heavy atom. The molecule has 2 aromatic heterocycles. The van der Waals surface area contributed by atoms with Crippen molar-refractivity contribution in [1.29, 1.82) is 0 Å². The van der Waals surface area contributed by atoms with Gasteiger partial charge in [0.1, 0.15) is 0 Å². The van der Waals surface area contributed by atoms with Crippen molar-refractivity contribution in [1.82, 2.24) is 19.8 Å². The fourth-order valence-corrected chi connectivity index (χ4v) is 3.80. The average Bonchev–Trinajstić information content (AvgIpc) is 3.07. The Morgan fingerprint density at radius 1 is 1.50 bits per heavy atom. The van der Waals surface area contributed by atoms with Gasteiger partial charge in [0.2, 0.25) is 0 Å². The van der Waals surface area contributed by atoms with Crippen LogP contribution in [0.2, 0.25) is 0 Å². The maximum Gasteiger partial charge on any atom is 0.260 e. The van der Waals surface area contributed by atoms with Gasteiger partial charge in [0.25, 0.3) is 10.0 Å². The first-order chi connectivity index (χ1) is 9.55. The summed E-state index contributed by atoms with van der Waals surface area (Å²) in [4.78, 5) is 1.17. The Bertz CT molecular complexity index is 634. The van der Waals surface area contributed by atoms with E-state index in [0.29, 0.717) is 25.1 Å². The highest BCUT2D eigenvalue weighted by Gasteiger charge is 2.25. The van der Waals surface area contributed by atoms with E-state index in [1.165, 1.54) is 15.4 Å². The van der Waals surface area contributed by atoms with Gasteiger partial charge in [0, 0.05) is 30.6 Å². The standard InChI is InChI=1S/C12H18N4O2S2/c1-13-8-10-9-14-15-12(10)20(17,18)16(2)6-5-11-4-3-7-19-11/h3-4,7,9,13H,5-6,8H2,1-2H3,(H,14,15). The molecule has 0 fully saturated rings.